The summed E-state index contributed by atoms with van der Waals surface area (Å²) in [5.41, 5.74) is -2.54. The topological polar surface area (TPSA) is 66.5 Å². The van der Waals surface area contributed by atoms with Crippen molar-refractivity contribution in [1.82, 2.24) is 9.62 Å². The number of rotatable bonds is 12. The maximum atomic E-state index is 14.9. The first kappa shape index (κ1) is 29.4. The molecule has 0 spiro atoms. The van der Waals surface area contributed by atoms with Crippen molar-refractivity contribution in [3.63, 3.8) is 0 Å². The summed E-state index contributed by atoms with van der Waals surface area (Å²) in [6.45, 7) is 0.770. The van der Waals surface area contributed by atoms with Crippen LogP contribution < -0.4 is 4.72 Å². The predicted molar refractivity (Wildman–Crippen MR) is 136 cm³/mol. The molecule has 0 unspecified atom stereocenters. The smallest absolute Gasteiger partial charge is 0.271 e. The fourth-order valence-electron chi connectivity index (χ4n) is 4.25. The first-order valence-electron chi connectivity index (χ1n) is 12.2. The highest BCUT2D eigenvalue weighted by Crippen LogP contribution is 2.34. The van der Waals surface area contributed by atoms with E-state index in [2.05, 4.69) is 0 Å². The Bertz CT molecular complexity index is 1160. The molecule has 5 nitrogen and oxygen atoms in total. The second kappa shape index (κ2) is 12.6. The van der Waals surface area contributed by atoms with Crippen molar-refractivity contribution in [2.24, 2.45) is 5.92 Å². The third-order valence-electron chi connectivity index (χ3n) is 6.54. The highest BCUT2D eigenvalue weighted by atomic mass is 32.2. The number of alkyl halides is 1. The summed E-state index contributed by atoms with van der Waals surface area (Å²) in [6.07, 6.45) is 1.99. The predicted octanol–water partition coefficient (Wildman–Crippen LogP) is 5.48. The van der Waals surface area contributed by atoms with Gasteiger partial charge in [-0.3, -0.25) is 4.79 Å². The molecule has 0 aliphatic heterocycles. The zero-order valence-electron chi connectivity index (χ0n) is 20.9. The molecular formula is C26H32F4N2O3S2. The standard InChI is InChI=1S/C26H32F4N2O3S2/c1-32(2)14-11-18(17-36-20-8-6-19(27)7-9-20)5-10-22-23(28)15-21(16-24(22)29)37(34,35)31-25(33)26(30)12-3-4-13-26/h6-9,15-16,18H,3-5,10-14,17H2,1-2H3,(H,31,33)/t18-/m1/s1. The van der Waals surface area contributed by atoms with Crippen LogP contribution in [0.4, 0.5) is 17.6 Å². The van der Waals surface area contributed by atoms with Gasteiger partial charge in [-0.05, 0) is 108 Å². The van der Waals surface area contributed by atoms with Crippen molar-refractivity contribution in [3.05, 3.63) is 59.4 Å². The van der Waals surface area contributed by atoms with Crippen LogP contribution in [0.5, 0.6) is 0 Å². The monoisotopic (exact) mass is 560 g/mol. The lowest BCUT2D eigenvalue weighted by Crippen LogP contribution is -2.44. The maximum absolute atomic E-state index is 14.9. The van der Waals surface area contributed by atoms with Gasteiger partial charge in [0.25, 0.3) is 15.9 Å². The molecule has 0 heterocycles. The van der Waals surface area contributed by atoms with E-state index in [1.807, 2.05) is 19.0 Å². The Labute approximate surface area is 220 Å². The fraction of sp³-hybridized carbons (Fsp3) is 0.500. The Morgan fingerprint density at radius 2 is 1.65 bits per heavy atom. The van der Waals surface area contributed by atoms with E-state index in [4.69, 9.17) is 0 Å². The van der Waals surface area contributed by atoms with Crippen LogP contribution in [0.2, 0.25) is 0 Å². The van der Waals surface area contributed by atoms with Gasteiger partial charge in [-0.1, -0.05) is 0 Å². The lowest BCUT2D eigenvalue weighted by Gasteiger charge is -2.20. The summed E-state index contributed by atoms with van der Waals surface area (Å²) in [6, 6.07) is 7.43. The zero-order valence-corrected chi connectivity index (χ0v) is 22.5. The van der Waals surface area contributed by atoms with Gasteiger partial charge in [0.15, 0.2) is 5.67 Å². The van der Waals surface area contributed by atoms with Gasteiger partial charge in [-0.15, -0.1) is 11.8 Å². The highest BCUT2D eigenvalue weighted by Gasteiger charge is 2.43. The van der Waals surface area contributed by atoms with Crippen LogP contribution in [-0.4, -0.2) is 51.3 Å². The molecule has 1 aliphatic rings. The minimum atomic E-state index is -4.64. The van der Waals surface area contributed by atoms with Crippen molar-refractivity contribution in [2.75, 3.05) is 26.4 Å². The number of hydrogen-bond acceptors (Lipinski definition) is 5. The number of nitrogens with one attached hydrogen (secondary N) is 1. The number of sulfonamides is 1. The molecule has 1 amide bonds. The first-order valence-corrected chi connectivity index (χ1v) is 14.6. The zero-order chi connectivity index (χ0) is 27.2. The van der Waals surface area contributed by atoms with Crippen LogP contribution in [-0.2, 0) is 21.2 Å². The van der Waals surface area contributed by atoms with Gasteiger partial charge in [0.2, 0.25) is 0 Å². The number of carbonyl (C=O) groups is 1. The molecule has 1 N–H and O–H groups in total. The van der Waals surface area contributed by atoms with Gasteiger partial charge in [0.1, 0.15) is 17.5 Å². The molecule has 0 saturated heterocycles. The average molecular weight is 561 g/mol. The summed E-state index contributed by atoms with van der Waals surface area (Å²) >= 11 is 1.53. The van der Waals surface area contributed by atoms with Gasteiger partial charge in [0.05, 0.1) is 4.90 Å². The van der Waals surface area contributed by atoms with Gasteiger partial charge in [0, 0.05) is 16.2 Å². The largest absolute Gasteiger partial charge is 0.309 e. The van der Waals surface area contributed by atoms with Crippen molar-refractivity contribution in [2.45, 2.75) is 60.4 Å². The normalized spacial score (nSPS) is 16.2. The Morgan fingerprint density at radius 1 is 1.05 bits per heavy atom. The molecule has 1 fully saturated rings. The number of carbonyl (C=O) groups excluding carboxylic acids is 1. The number of nitrogens with zero attached hydrogens (tertiary/aromatic N) is 1. The Balaban J connectivity index is 1.68. The molecule has 204 valence electrons. The minimum absolute atomic E-state index is 0.0417. The molecule has 37 heavy (non-hydrogen) atoms. The summed E-state index contributed by atoms with van der Waals surface area (Å²) in [5.74, 6) is -2.97. The van der Waals surface area contributed by atoms with E-state index in [1.54, 1.807) is 16.9 Å². The SMILES string of the molecule is CN(C)CC[C@@H](CCc1c(F)cc(S(=O)(=O)NC(=O)C2(F)CCCC2)cc1F)CSc1ccc(F)cc1. The summed E-state index contributed by atoms with van der Waals surface area (Å²) in [4.78, 5) is 14.3. The first-order chi connectivity index (χ1) is 17.4. The molecule has 2 aromatic carbocycles. The van der Waals surface area contributed by atoms with Crippen LogP contribution in [0.25, 0.3) is 0 Å². The number of benzene rings is 2. The molecule has 1 atom stereocenters. The van der Waals surface area contributed by atoms with Gasteiger partial charge in [-0.25, -0.2) is 30.7 Å². The van der Waals surface area contributed by atoms with Crippen LogP contribution in [0, 0.1) is 23.4 Å². The number of thioether (sulfide) groups is 1. The van der Waals surface area contributed by atoms with Crippen molar-refractivity contribution in [3.8, 4) is 0 Å². The van der Waals surface area contributed by atoms with Gasteiger partial charge in [-0.2, -0.15) is 0 Å². The second-order valence-electron chi connectivity index (χ2n) is 9.73. The van der Waals surface area contributed by atoms with Gasteiger partial charge < -0.3 is 4.90 Å². The maximum Gasteiger partial charge on any atom is 0.271 e. The van der Waals surface area contributed by atoms with E-state index in [1.165, 1.54) is 23.9 Å². The van der Waals surface area contributed by atoms with Crippen molar-refractivity contribution < 1.29 is 30.8 Å². The number of halogens is 4. The van der Waals surface area contributed by atoms with E-state index in [0.717, 1.165) is 17.9 Å². The average Bonchev–Trinajstić information content (AvgIpc) is 3.28. The van der Waals surface area contributed by atoms with Crippen molar-refractivity contribution >= 4 is 27.7 Å². The molecule has 0 aromatic heterocycles. The fourth-order valence-corrected chi connectivity index (χ4v) is 6.41. The molecule has 2 aromatic rings. The molecular weight excluding hydrogens is 528 g/mol. The number of hydrogen-bond donors (Lipinski definition) is 1. The van der Waals surface area contributed by atoms with Gasteiger partial charge >= 0.3 is 0 Å². The highest BCUT2D eigenvalue weighted by molar-refractivity contribution is 7.99. The quantitative estimate of drug-likeness (QED) is 0.275. The van der Waals surface area contributed by atoms with E-state index >= 15 is 0 Å². The van der Waals surface area contributed by atoms with Crippen LogP contribution in [0.3, 0.4) is 0 Å². The number of amides is 1. The lowest BCUT2D eigenvalue weighted by molar-refractivity contribution is -0.130. The molecule has 11 heteroatoms. The second-order valence-corrected chi connectivity index (χ2v) is 12.5. The van der Waals surface area contributed by atoms with E-state index < -0.39 is 38.1 Å². The Kier molecular flexibility index (Phi) is 10.0. The van der Waals surface area contributed by atoms with E-state index in [0.29, 0.717) is 37.1 Å². The summed E-state index contributed by atoms with van der Waals surface area (Å²) in [7, 11) is -0.785. The van der Waals surface area contributed by atoms with Crippen LogP contribution >= 0.6 is 11.8 Å². The molecule has 1 saturated carbocycles. The minimum Gasteiger partial charge on any atom is -0.309 e. The van der Waals surface area contributed by atoms with E-state index in [-0.39, 0.29) is 36.6 Å². The van der Waals surface area contributed by atoms with Crippen LogP contribution in [0.15, 0.2) is 46.2 Å². The van der Waals surface area contributed by atoms with Crippen molar-refractivity contribution in [1.29, 1.82) is 0 Å². The third-order valence-corrected chi connectivity index (χ3v) is 9.10. The molecule has 1 aliphatic carbocycles. The molecule has 3 rings (SSSR count). The summed E-state index contributed by atoms with van der Waals surface area (Å²) < 4.78 is 84.2. The third kappa shape index (κ3) is 8.19. The molecule has 0 radical (unpaired) electrons. The molecule has 0 bridgehead atoms. The Morgan fingerprint density at radius 3 is 2.22 bits per heavy atom. The van der Waals surface area contributed by atoms with Crippen LogP contribution in [0.1, 0.15) is 44.1 Å². The summed E-state index contributed by atoms with van der Waals surface area (Å²) in [5, 5.41) is 0. The Hall–Kier alpha value is -2.11. The lowest BCUT2D eigenvalue weighted by atomic mass is 9.97. The van der Waals surface area contributed by atoms with E-state index in [9.17, 15) is 30.8 Å².